The van der Waals surface area contributed by atoms with E-state index in [1.165, 1.54) is 37.4 Å². The van der Waals surface area contributed by atoms with Gasteiger partial charge >= 0.3 is 5.97 Å². The number of methoxy groups -OCH3 is 1. The Bertz CT molecular complexity index is 1290. The van der Waals surface area contributed by atoms with Crippen molar-refractivity contribution in [1.29, 1.82) is 0 Å². The molecule has 33 heavy (non-hydrogen) atoms. The Morgan fingerprint density at radius 1 is 0.970 bits per heavy atom. The summed E-state index contributed by atoms with van der Waals surface area (Å²) in [6.07, 6.45) is 0. The van der Waals surface area contributed by atoms with Crippen LogP contribution >= 0.6 is 11.6 Å². The number of benzene rings is 3. The second-order valence-corrected chi connectivity index (χ2v) is 9.65. The summed E-state index contributed by atoms with van der Waals surface area (Å²) in [5.41, 5.74) is 2.83. The Morgan fingerprint density at radius 2 is 1.67 bits per heavy atom. The molecule has 1 N–H and O–H groups in total. The molecule has 0 aliphatic rings. The first-order valence-corrected chi connectivity index (χ1v) is 11.8. The van der Waals surface area contributed by atoms with Crippen LogP contribution in [-0.4, -0.2) is 33.9 Å². The van der Waals surface area contributed by atoms with Crippen LogP contribution in [-0.2, 0) is 19.6 Å². The highest BCUT2D eigenvalue weighted by molar-refractivity contribution is 7.92. The number of ether oxygens (including phenoxy) is 1. The lowest BCUT2D eigenvalue weighted by Crippen LogP contribution is -2.38. The van der Waals surface area contributed by atoms with Crippen LogP contribution < -0.4 is 9.62 Å². The lowest BCUT2D eigenvalue weighted by atomic mass is 10.1. The van der Waals surface area contributed by atoms with Crippen molar-refractivity contribution in [3.8, 4) is 0 Å². The van der Waals surface area contributed by atoms with Crippen molar-refractivity contribution in [3.63, 3.8) is 0 Å². The van der Waals surface area contributed by atoms with E-state index in [-0.39, 0.29) is 10.5 Å². The second-order valence-electron chi connectivity index (χ2n) is 7.35. The van der Waals surface area contributed by atoms with Gasteiger partial charge in [-0.25, -0.2) is 13.2 Å². The van der Waals surface area contributed by atoms with Gasteiger partial charge in [-0.2, -0.15) is 0 Å². The Morgan fingerprint density at radius 3 is 2.30 bits per heavy atom. The second kappa shape index (κ2) is 10.1. The number of sulfonamides is 1. The molecule has 0 unspecified atom stereocenters. The van der Waals surface area contributed by atoms with Gasteiger partial charge in [0, 0.05) is 10.7 Å². The fraction of sp³-hybridized carbons (Fsp3) is 0.167. The molecule has 0 saturated carbocycles. The zero-order chi connectivity index (χ0) is 24.2. The van der Waals surface area contributed by atoms with E-state index >= 15 is 0 Å². The number of carbonyl (C=O) groups is 2. The third-order valence-electron chi connectivity index (χ3n) is 5.03. The summed E-state index contributed by atoms with van der Waals surface area (Å²) in [6, 6.07) is 17.1. The highest BCUT2D eigenvalue weighted by Gasteiger charge is 2.27. The van der Waals surface area contributed by atoms with Crippen molar-refractivity contribution in [1.82, 2.24) is 0 Å². The summed E-state index contributed by atoms with van der Waals surface area (Å²) in [4.78, 5) is 24.6. The number of halogens is 1. The van der Waals surface area contributed by atoms with Gasteiger partial charge in [-0.05, 0) is 79.6 Å². The minimum absolute atomic E-state index is 0.00520. The first-order valence-electron chi connectivity index (χ1n) is 9.95. The van der Waals surface area contributed by atoms with E-state index in [0.29, 0.717) is 16.4 Å². The molecule has 7 nitrogen and oxygen atoms in total. The lowest BCUT2D eigenvalue weighted by Gasteiger charge is -2.25. The minimum Gasteiger partial charge on any atom is -0.465 e. The number of hydrogen-bond donors (Lipinski definition) is 1. The summed E-state index contributed by atoms with van der Waals surface area (Å²) in [6.45, 7) is 3.30. The molecule has 0 aliphatic heterocycles. The number of nitrogens with zero attached hydrogens (tertiary/aromatic N) is 1. The van der Waals surface area contributed by atoms with Crippen LogP contribution in [0.1, 0.15) is 21.5 Å². The molecule has 3 aromatic carbocycles. The van der Waals surface area contributed by atoms with Gasteiger partial charge in [0.25, 0.3) is 10.0 Å². The molecule has 9 heteroatoms. The SMILES string of the molecule is COC(=O)c1cccc(NC(=O)CN(c2ccc(C)c(C)c2)S(=O)(=O)c2ccc(Cl)cc2)c1. The van der Waals surface area contributed by atoms with E-state index in [0.717, 1.165) is 15.4 Å². The van der Waals surface area contributed by atoms with Gasteiger partial charge in [-0.1, -0.05) is 23.7 Å². The van der Waals surface area contributed by atoms with Gasteiger partial charge in [-0.3, -0.25) is 9.10 Å². The summed E-state index contributed by atoms with van der Waals surface area (Å²) >= 11 is 5.91. The van der Waals surface area contributed by atoms with E-state index < -0.39 is 28.4 Å². The number of nitrogens with one attached hydrogen (secondary N) is 1. The number of rotatable bonds is 7. The maximum Gasteiger partial charge on any atom is 0.337 e. The molecule has 0 fully saturated rings. The molecule has 1 amide bonds. The number of hydrogen-bond acceptors (Lipinski definition) is 5. The zero-order valence-electron chi connectivity index (χ0n) is 18.3. The normalized spacial score (nSPS) is 11.0. The summed E-state index contributed by atoms with van der Waals surface area (Å²) in [7, 11) is -2.81. The van der Waals surface area contributed by atoms with E-state index in [1.807, 2.05) is 13.8 Å². The van der Waals surface area contributed by atoms with Crippen LogP contribution in [0.15, 0.2) is 71.6 Å². The molecule has 172 valence electrons. The first-order chi connectivity index (χ1) is 15.6. The average Bonchev–Trinajstić information content (AvgIpc) is 2.79. The number of anilines is 2. The standard InChI is InChI=1S/C24H23ClN2O5S/c1-16-7-10-21(13-17(16)2)27(33(30,31)22-11-8-19(25)9-12-22)15-23(28)26-20-6-4-5-18(14-20)24(29)32-3/h4-14H,15H2,1-3H3,(H,26,28). The lowest BCUT2D eigenvalue weighted by molar-refractivity contribution is -0.114. The Kier molecular flexibility index (Phi) is 7.40. The van der Waals surface area contributed by atoms with E-state index in [4.69, 9.17) is 16.3 Å². The number of esters is 1. The molecular formula is C24H23ClN2O5S. The topological polar surface area (TPSA) is 92.8 Å². The summed E-state index contributed by atoms with van der Waals surface area (Å²) in [5, 5.41) is 3.04. The highest BCUT2D eigenvalue weighted by Crippen LogP contribution is 2.27. The Hall–Kier alpha value is -3.36. The van der Waals surface area contributed by atoms with Crippen LogP contribution in [0.5, 0.6) is 0 Å². The van der Waals surface area contributed by atoms with Gasteiger partial charge in [0.15, 0.2) is 0 Å². The van der Waals surface area contributed by atoms with Crippen LogP contribution in [0.25, 0.3) is 0 Å². The first kappa shape index (κ1) is 24.3. The quantitative estimate of drug-likeness (QED) is 0.493. The molecule has 0 saturated heterocycles. The van der Waals surface area contributed by atoms with Gasteiger partial charge < -0.3 is 10.1 Å². The van der Waals surface area contributed by atoms with E-state index in [9.17, 15) is 18.0 Å². The van der Waals surface area contributed by atoms with Gasteiger partial charge in [0.2, 0.25) is 5.91 Å². The third kappa shape index (κ3) is 5.71. The average molecular weight is 487 g/mol. The zero-order valence-corrected chi connectivity index (χ0v) is 19.9. The fourth-order valence-electron chi connectivity index (χ4n) is 3.10. The molecule has 0 radical (unpaired) electrons. The third-order valence-corrected chi connectivity index (χ3v) is 7.07. The molecule has 3 rings (SSSR count). The fourth-order valence-corrected chi connectivity index (χ4v) is 4.64. The molecule has 0 aromatic heterocycles. The molecular weight excluding hydrogens is 464 g/mol. The maximum absolute atomic E-state index is 13.5. The van der Waals surface area contributed by atoms with E-state index in [2.05, 4.69) is 5.32 Å². The van der Waals surface area contributed by atoms with Crippen molar-refractivity contribution in [2.75, 3.05) is 23.3 Å². The molecule has 0 bridgehead atoms. The van der Waals surface area contributed by atoms with Crippen LogP contribution in [0.3, 0.4) is 0 Å². The minimum atomic E-state index is -4.07. The molecule has 0 heterocycles. The number of amides is 1. The van der Waals surface area contributed by atoms with E-state index in [1.54, 1.807) is 36.4 Å². The number of carbonyl (C=O) groups excluding carboxylic acids is 2. The Labute approximate surface area is 198 Å². The molecule has 0 atom stereocenters. The monoisotopic (exact) mass is 486 g/mol. The molecule has 0 aliphatic carbocycles. The van der Waals surface area contributed by atoms with Gasteiger partial charge in [0.05, 0.1) is 23.3 Å². The van der Waals surface area contributed by atoms with Crippen molar-refractivity contribution in [3.05, 3.63) is 88.4 Å². The Balaban J connectivity index is 1.94. The van der Waals surface area contributed by atoms with Crippen LogP contribution in [0.2, 0.25) is 5.02 Å². The maximum atomic E-state index is 13.5. The summed E-state index contributed by atoms with van der Waals surface area (Å²) in [5.74, 6) is -1.12. The van der Waals surface area contributed by atoms with Crippen molar-refractivity contribution >= 4 is 44.9 Å². The smallest absolute Gasteiger partial charge is 0.337 e. The largest absolute Gasteiger partial charge is 0.465 e. The number of aryl methyl sites for hydroxylation is 2. The van der Waals surface area contributed by atoms with Crippen molar-refractivity contribution < 1.29 is 22.7 Å². The predicted octanol–water partition coefficient (Wildman–Crippen LogP) is 4.58. The molecule has 3 aromatic rings. The highest BCUT2D eigenvalue weighted by atomic mass is 35.5. The van der Waals surface area contributed by atoms with Crippen LogP contribution in [0, 0.1) is 13.8 Å². The van der Waals surface area contributed by atoms with Crippen molar-refractivity contribution in [2.45, 2.75) is 18.7 Å². The van der Waals surface area contributed by atoms with Crippen molar-refractivity contribution in [2.24, 2.45) is 0 Å². The van der Waals surface area contributed by atoms with Gasteiger partial charge in [0.1, 0.15) is 6.54 Å². The molecule has 0 spiro atoms. The summed E-state index contributed by atoms with van der Waals surface area (Å²) < 4.78 is 32.6. The van der Waals surface area contributed by atoms with Crippen LogP contribution in [0.4, 0.5) is 11.4 Å². The van der Waals surface area contributed by atoms with Gasteiger partial charge in [-0.15, -0.1) is 0 Å². The predicted molar refractivity (Wildman–Crippen MR) is 128 cm³/mol.